The van der Waals surface area contributed by atoms with E-state index >= 15 is 0 Å². The fourth-order valence-corrected chi connectivity index (χ4v) is 2.53. The molecule has 0 saturated heterocycles. The Morgan fingerprint density at radius 1 is 1.38 bits per heavy atom. The van der Waals surface area contributed by atoms with Gasteiger partial charge in [0.2, 0.25) is 0 Å². The molecule has 1 unspecified atom stereocenters. The minimum atomic E-state index is 0.378. The topological polar surface area (TPSA) is 38.9 Å². The second kappa shape index (κ2) is 5.23. The molecule has 1 aromatic heterocycles. The van der Waals surface area contributed by atoms with Gasteiger partial charge in [0.1, 0.15) is 0 Å². The van der Waals surface area contributed by atoms with E-state index < -0.39 is 0 Å². The van der Waals surface area contributed by atoms with Crippen molar-refractivity contribution in [2.75, 3.05) is 6.54 Å². The number of nitrogens with zero attached hydrogens (tertiary/aromatic N) is 1. The van der Waals surface area contributed by atoms with Gasteiger partial charge in [-0.15, -0.1) is 11.3 Å². The van der Waals surface area contributed by atoms with Gasteiger partial charge in [0, 0.05) is 11.3 Å². The maximum atomic E-state index is 5.87. The molecule has 1 atom stereocenters. The third-order valence-electron chi connectivity index (χ3n) is 2.85. The molecular weight excluding hydrogens is 216 g/mol. The first kappa shape index (κ1) is 11.3. The smallest absolute Gasteiger partial charge is 0.0794 e. The molecule has 0 radical (unpaired) electrons. The largest absolute Gasteiger partial charge is 0.330 e. The summed E-state index contributed by atoms with van der Waals surface area (Å²) in [7, 11) is 0. The Labute approximate surface area is 100 Å². The molecule has 1 heterocycles. The molecule has 1 aromatic carbocycles. The first-order chi connectivity index (χ1) is 7.81. The summed E-state index contributed by atoms with van der Waals surface area (Å²) in [6, 6.07) is 8.44. The Morgan fingerprint density at radius 3 is 2.81 bits per heavy atom. The maximum Gasteiger partial charge on any atom is 0.0794 e. The zero-order valence-corrected chi connectivity index (χ0v) is 10.2. The average molecular weight is 232 g/mol. The third-order valence-corrected chi connectivity index (χ3v) is 3.49. The van der Waals surface area contributed by atoms with E-state index in [9.17, 15) is 0 Å². The minimum Gasteiger partial charge on any atom is -0.330 e. The second-order valence-electron chi connectivity index (χ2n) is 3.97. The van der Waals surface area contributed by atoms with Crippen molar-refractivity contribution in [3.05, 3.63) is 52.0 Å². The van der Waals surface area contributed by atoms with E-state index in [1.54, 1.807) is 11.3 Å². The summed E-state index contributed by atoms with van der Waals surface area (Å²) in [5.74, 6) is 0.378. The van der Waals surface area contributed by atoms with Crippen LogP contribution < -0.4 is 5.73 Å². The lowest BCUT2D eigenvalue weighted by Crippen LogP contribution is -2.16. The van der Waals surface area contributed by atoms with Crippen LogP contribution in [0.2, 0.25) is 0 Å². The van der Waals surface area contributed by atoms with E-state index in [4.69, 9.17) is 5.73 Å². The summed E-state index contributed by atoms with van der Waals surface area (Å²) in [4.78, 5) is 4.32. The van der Waals surface area contributed by atoms with Gasteiger partial charge >= 0.3 is 0 Å². The highest BCUT2D eigenvalue weighted by atomic mass is 32.1. The Hall–Kier alpha value is -1.19. The standard InChI is InChI=1S/C13H16N2S/c1-10-4-2-3-5-13(10)11(7-14)6-12-8-16-9-15-12/h2-5,8-9,11H,6-7,14H2,1H3. The highest BCUT2D eigenvalue weighted by Crippen LogP contribution is 2.22. The van der Waals surface area contributed by atoms with Crippen LogP contribution in [0.25, 0.3) is 0 Å². The third kappa shape index (κ3) is 2.49. The summed E-state index contributed by atoms with van der Waals surface area (Å²) in [6.07, 6.45) is 0.935. The SMILES string of the molecule is Cc1ccccc1C(CN)Cc1cscn1. The van der Waals surface area contributed by atoms with Crippen molar-refractivity contribution < 1.29 is 0 Å². The number of benzene rings is 1. The average Bonchev–Trinajstić information content (AvgIpc) is 2.80. The molecule has 0 amide bonds. The number of aryl methyl sites for hydroxylation is 1. The van der Waals surface area contributed by atoms with Crippen molar-refractivity contribution in [3.8, 4) is 0 Å². The van der Waals surface area contributed by atoms with Crippen LogP contribution in [0.4, 0.5) is 0 Å². The van der Waals surface area contributed by atoms with E-state index in [2.05, 4.69) is 41.6 Å². The van der Waals surface area contributed by atoms with Gasteiger partial charge < -0.3 is 5.73 Å². The molecular formula is C13H16N2S. The lowest BCUT2D eigenvalue weighted by molar-refractivity contribution is 0.680. The van der Waals surface area contributed by atoms with Crippen LogP contribution in [-0.2, 0) is 6.42 Å². The first-order valence-electron chi connectivity index (χ1n) is 5.44. The fraction of sp³-hybridized carbons (Fsp3) is 0.308. The van der Waals surface area contributed by atoms with Gasteiger partial charge in [-0.05, 0) is 31.0 Å². The molecule has 2 N–H and O–H groups in total. The number of thiazole rings is 1. The molecule has 0 bridgehead atoms. The summed E-state index contributed by atoms with van der Waals surface area (Å²) >= 11 is 1.64. The van der Waals surface area contributed by atoms with Crippen LogP contribution >= 0.6 is 11.3 Å². The molecule has 2 aromatic rings. The van der Waals surface area contributed by atoms with Gasteiger partial charge in [0.15, 0.2) is 0 Å². The number of aromatic nitrogens is 1. The molecule has 2 nitrogen and oxygen atoms in total. The molecule has 0 saturated carbocycles. The number of hydrogen-bond acceptors (Lipinski definition) is 3. The molecule has 0 aliphatic heterocycles. The summed E-state index contributed by atoms with van der Waals surface area (Å²) < 4.78 is 0. The van der Waals surface area contributed by atoms with Gasteiger partial charge in [-0.1, -0.05) is 24.3 Å². The predicted molar refractivity (Wildman–Crippen MR) is 68.8 cm³/mol. The molecule has 84 valence electrons. The quantitative estimate of drug-likeness (QED) is 0.880. The van der Waals surface area contributed by atoms with Gasteiger partial charge in [-0.2, -0.15) is 0 Å². The fourth-order valence-electron chi connectivity index (χ4n) is 1.96. The molecule has 3 heteroatoms. The van der Waals surface area contributed by atoms with Gasteiger partial charge in [-0.25, -0.2) is 4.98 Å². The number of nitrogens with two attached hydrogens (primary N) is 1. The van der Waals surface area contributed by atoms with Crippen LogP contribution in [0.3, 0.4) is 0 Å². The number of rotatable bonds is 4. The van der Waals surface area contributed by atoms with Crippen molar-refractivity contribution in [2.45, 2.75) is 19.3 Å². The highest BCUT2D eigenvalue weighted by Gasteiger charge is 2.13. The minimum absolute atomic E-state index is 0.378. The normalized spacial score (nSPS) is 12.6. The van der Waals surface area contributed by atoms with Crippen molar-refractivity contribution >= 4 is 11.3 Å². The zero-order chi connectivity index (χ0) is 11.4. The van der Waals surface area contributed by atoms with E-state index in [-0.39, 0.29) is 0 Å². The van der Waals surface area contributed by atoms with Crippen LogP contribution in [0.5, 0.6) is 0 Å². The summed E-state index contributed by atoms with van der Waals surface area (Å²) in [5, 5.41) is 2.10. The van der Waals surface area contributed by atoms with Gasteiger partial charge in [0.05, 0.1) is 11.2 Å². The zero-order valence-electron chi connectivity index (χ0n) is 9.39. The molecule has 2 rings (SSSR count). The van der Waals surface area contributed by atoms with Crippen LogP contribution in [-0.4, -0.2) is 11.5 Å². The Balaban J connectivity index is 2.20. The van der Waals surface area contributed by atoms with Crippen LogP contribution in [0.1, 0.15) is 22.7 Å². The Bertz CT molecular complexity index is 437. The van der Waals surface area contributed by atoms with Gasteiger partial charge in [-0.3, -0.25) is 0 Å². The van der Waals surface area contributed by atoms with E-state index in [1.807, 2.05) is 5.51 Å². The van der Waals surface area contributed by atoms with E-state index in [0.717, 1.165) is 12.1 Å². The lowest BCUT2D eigenvalue weighted by atomic mass is 9.91. The lowest BCUT2D eigenvalue weighted by Gasteiger charge is -2.16. The van der Waals surface area contributed by atoms with Crippen molar-refractivity contribution in [3.63, 3.8) is 0 Å². The first-order valence-corrected chi connectivity index (χ1v) is 6.38. The molecule has 16 heavy (non-hydrogen) atoms. The highest BCUT2D eigenvalue weighted by molar-refractivity contribution is 7.07. The maximum absolute atomic E-state index is 5.87. The van der Waals surface area contributed by atoms with Crippen LogP contribution in [0.15, 0.2) is 35.2 Å². The predicted octanol–water partition coefficient (Wildman–Crippen LogP) is 2.74. The van der Waals surface area contributed by atoms with Crippen LogP contribution in [0, 0.1) is 6.92 Å². The van der Waals surface area contributed by atoms with Crippen molar-refractivity contribution in [2.24, 2.45) is 5.73 Å². The Kier molecular flexibility index (Phi) is 3.70. The van der Waals surface area contributed by atoms with Gasteiger partial charge in [0.25, 0.3) is 0 Å². The van der Waals surface area contributed by atoms with Crippen molar-refractivity contribution in [1.29, 1.82) is 0 Å². The summed E-state index contributed by atoms with van der Waals surface area (Å²) in [5.41, 5.74) is 11.5. The molecule has 0 fully saturated rings. The monoisotopic (exact) mass is 232 g/mol. The summed E-state index contributed by atoms with van der Waals surface area (Å²) in [6.45, 7) is 2.81. The number of hydrogen-bond donors (Lipinski definition) is 1. The Morgan fingerprint density at radius 2 is 2.19 bits per heavy atom. The second-order valence-corrected chi connectivity index (χ2v) is 4.69. The molecule has 0 spiro atoms. The molecule has 0 aliphatic rings. The van der Waals surface area contributed by atoms with Crippen molar-refractivity contribution in [1.82, 2.24) is 4.98 Å². The molecule has 0 aliphatic carbocycles. The van der Waals surface area contributed by atoms with E-state index in [0.29, 0.717) is 12.5 Å². The van der Waals surface area contributed by atoms with E-state index in [1.165, 1.54) is 11.1 Å².